The number of hydrogen-bond donors (Lipinski definition) is 4. The molecule has 1 fully saturated rings. The van der Waals surface area contributed by atoms with Crippen LogP contribution in [0.4, 0.5) is 38.2 Å². The van der Waals surface area contributed by atoms with E-state index in [0.29, 0.717) is 50.8 Å². The van der Waals surface area contributed by atoms with E-state index in [1.165, 1.54) is 29.7 Å². The van der Waals surface area contributed by atoms with Gasteiger partial charge >= 0.3 is 12.2 Å². The number of aromatic hydroxyl groups is 2. The van der Waals surface area contributed by atoms with E-state index in [9.17, 15) is 19.8 Å². The average Bonchev–Trinajstić information content (AvgIpc) is 3.88. The summed E-state index contributed by atoms with van der Waals surface area (Å²) in [6.07, 6.45) is 0.666. The number of nitrogens with zero attached hydrogens (tertiary/aromatic N) is 7. The maximum atomic E-state index is 12.1. The van der Waals surface area contributed by atoms with Crippen LogP contribution >= 0.6 is 0 Å². The first-order chi connectivity index (χ1) is 32.9. The first kappa shape index (κ1) is 46.0. The van der Waals surface area contributed by atoms with Gasteiger partial charge in [-0.3, -0.25) is 14.8 Å². The number of rotatable bonds is 9. The van der Waals surface area contributed by atoms with Gasteiger partial charge in [0.05, 0.1) is 66.9 Å². The number of amides is 2. The van der Waals surface area contributed by atoms with Crippen LogP contribution in [-0.2, 0) is 14.2 Å². The van der Waals surface area contributed by atoms with Gasteiger partial charge in [-0.2, -0.15) is 0 Å². The largest absolute Gasteiger partial charge is 0.494 e. The number of carbonyl (C=O) groups is 2. The quantitative estimate of drug-likeness (QED) is 0.101. The molecule has 0 saturated carbocycles. The molecule has 1 aliphatic rings. The third-order valence-electron chi connectivity index (χ3n) is 11.5. The highest BCUT2D eigenvalue weighted by Crippen LogP contribution is 2.36. The average molecular weight is 914 g/mol. The van der Waals surface area contributed by atoms with Gasteiger partial charge in [0, 0.05) is 72.5 Å². The molecule has 9 rings (SSSR count). The lowest BCUT2D eigenvalue weighted by atomic mass is 10.00. The number of hydrogen-bond acceptors (Lipinski definition) is 12. The van der Waals surface area contributed by atoms with Crippen molar-refractivity contribution in [2.45, 2.75) is 13.8 Å². The van der Waals surface area contributed by atoms with E-state index >= 15 is 0 Å². The highest BCUT2D eigenvalue weighted by atomic mass is 16.5. The zero-order chi connectivity index (χ0) is 47.9. The van der Waals surface area contributed by atoms with E-state index in [-0.39, 0.29) is 11.8 Å². The maximum Gasteiger partial charge on any atom is 0.414 e. The van der Waals surface area contributed by atoms with Crippen LogP contribution in [0.25, 0.3) is 21.9 Å². The number of aryl methyl sites for hydroxylation is 2. The first-order valence-electron chi connectivity index (χ1n) is 21.8. The van der Waals surface area contributed by atoms with Crippen molar-refractivity contribution in [3.05, 3.63) is 161 Å². The number of carbonyl (C=O) groups excluding carboxylic acids is 2. The van der Waals surface area contributed by atoms with Crippen molar-refractivity contribution in [2.24, 2.45) is 9.98 Å². The van der Waals surface area contributed by atoms with E-state index in [1.54, 1.807) is 44.6 Å². The normalized spacial score (nSPS) is 12.9. The molecular weight excluding hydrogens is 863 g/mol. The van der Waals surface area contributed by atoms with Gasteiger partial charge < -0.3 is 39.3 Å². The number of fused-ring (bicyclic) bond motifs is 2. The molecule has 4 aromatic heterocycles. The Kier molecular flexibility index (Phi) is 13.8. The maximum absolute atomic E-state index is 12.1. The topological polar surface area (TPSA) is 194 Å². The molecule has 1 saturated heterocycles. The zero-order valence-corrected chi connectivity index (χ0v) is 38.5. The summed E-state index contributed by atoms with van der Waals surface area (Å²) in [4.78, 5) is 53.8. The molecule has 1 aliphatic heterocycles. The predicted molar refractivity (Wildman–Crippen MR) is 266 cm³/mol. The Balaban J connectivity index is 0.000000187. The number of aromatic amines is 2. The number of anilines is 3. The summed E-state index contributed by atoms with van der Waals surface area (Å²) >= 11 is 0. The number of aliphatic imine (C=N–C) groups is 2. The number of H-pyrrole nitrogens is 2. The minimum atomic E-state index is -0.544. The van der Waals surface area contributed by atoms with Crippen molar-refractivity contribution in [2.75, 3.05) is 69.3 Å². The molecule has 4 N–H and O–H groups in total. The number of methoxy groups -OCH3 is 2. The van der Waals surface area contributed by atoms with Gasteiger partial charge in [0.2, 0.25) is 5.88 Å². The standard InChI is InChI=1S/C29H30N4O4.C23H21N5O3/c1-19-17-21(9-12-25(19)33-13-15-37-16-14-33)30-27(20-7-5-4-6-8-20)26-23-18-22(32(2)29(35)36-3)10-11-24(23)31-28(26)34;1-14-13-16(11-12-24-14)25-20(15-7-5-4-6-8-15)19-21-17(26-22(19)29)9-10-18(27-21)28(2)23(30)31-3/h4-12,17-18,31,34H,13-16H2,1-3H3;4-13,26,29H,1-3H3. The molecule has 0 atom stereocenters. The SMILES string of the molecule is COC(=O)N(C)c1ccc2[nH]c(O)c(C(=Nc3ccc(N4CCOCC4)c(C)c3)c3ccccc3)c2c1.COC(=O)N(C)c1ccc2[nH]c(O)c(C(=Nc3ccnc(C)c3)c3ccccc3)c2n1. The van der Waals surface area contributed by atoms with Crippen LogP contribution in [0.3, 0.4) is 0 Å². The summed E-state index contributed by atoms with van der Waals surface area (Å²) in [6, 6.07) is 38.0. The van der Waals surface area contributed by atoms with E-state index in [1.807, 2.05) is 91.9 Å². The molecule has 0 radical (unpaired) electrons. The van der Waals surface area contributed by atoms with Crippen LogP contribution < -0.4 is 14.7 Å². The second-order valence-electron chi connectivity index (χ2n) is 15.9. The molecule has 0 bridgehead atoms. The predicted octanol–water partition coefficient (Wildman–Crippen LogP) is 9.73. The molecular formula is C52H51N9O7. The molecule has 0 aliphatic carbocycles. The molecule has 0 unspecified atom stereocenters. The fraction of sp³-hybridized carbons (Fsp3) is 0.192. The van der Waals surface area contributed by atoms with Gasteiger partial charge in [-0.15, -0.1) is 0 Å². The lowest BCUT2D eigenvalue weighted by Gasteiger charge is -2.30. The number of pyridine rings is 2. The van der Waals surface area contributed by atoms with Crippen molar-refractivity contribution in [1.82, 2.24) is 19.9 Å². The van der Waals surface area contributed by atoms with Crippen molar-refractivity contribution in [3.8, 4) is 11.8 Å². The van der Waals surface area contributed by atoms with Gasteiger partial charge in [0.25, 0.3) is 0 Å². The van der Waals surface area contributed by atoms with Crippen LogP contribution in [0, 0.1) is 13.8 Å². The molecule has 16 nitrogen and oxygen atoms in total. The van der Waals surface area contributed by atoms with Crippen molar-refractivity contribution in [3.63, 3.8) is 0 Å². The van der Waals surface area contributed by atoms with E-state index in [0.717, 1.165) is 65.3 Å². The van der Waals surface area contributed by atoms with E-state index in [2.05, 4.69) is 43.9 Å². The molecule has 0 spiro atoms. The number of benzene rings is 4. The Morgan fingerprint density at radius 3 is 1.91 bits per heavy atom. The van der Waals surface area contributed by atoms with Crippen LogP contribution in [0.1, 0.15) is 33.5 Å². The van der Waals surface area contributed by atoms with Crippen molar-refractivity contribution < 1.29 is 34.0 Å². The monoisotopic (exact) mass is 913 g/mol. The molecule has 8 aromatic rings. The first-order valence-corrected chi connectivity index (χ1v) is 21.8. The number of nitrogens with one attached hydrogen (secondary N) is 2. The van der Waals surface area contributed by atoms with Crippen LogP contribution in [0.2, 0.25) is 0 Å². The van der Waals surface area contributed by atoms with Gasteiger partial charge in [-0.25, -0.2) is 24.6 Å². The molecule has 5 heterocycles. The smallest absolute Gasteiger partial charge is 0.414 e. The highest BCUT2D eigenvalue weighted by molar-refractivity contribution is 6.23. The fourth-order valence-electron chi connectivity index (χ4n) is 7.99. The number of ether oxygens (including phenoxy) is 3. The van der Waals surface area contributed by atoms with Crippen molar-refractivity contribution in [1.29, 1.82) is 0 Å². The molecule has 68 heavy (non-hydrogen) atoms. The molecule has 2 amide bonds. The summed E-state index contributed by atoms with van der Waals surface area (Å²) < 4.78 is 15.1. The van der Waals surface area contributed by atoms with Gasteiger partial charge in [0.15, 0.2) is 5.88 Å². The highest BCUT2D eigenvalue weighted by Gasteiger charge is 2.24. The fourth-order valence-corrected chi connectivity index (χ4v) is 7.99. The molecule has 346 valence electrons. The second kappa shape index (κ2) is 20.3. The number of aromatic nitrogens is 4. The Morgan fingerprint density at radius 1 is 0.691 bits per heavy atom. The molecule has 4 aromatic carbocycles. The van der Waals surface area contributed by atoms with Gasteiger partial charge in [-0.1, -0.05) is 60.7 Å². The summed E-state index contributed by atoms with van der Waals surface area (Å²) in [5, 5.41) is 22.6. The summed E-state index contributed by atoms with van der Waals surface area (Å²) in [6.45, 7) is 7.16. The van der Waals surface area contributed by atoms with Crippen LogP contribution in [0.5, 0.6) is 11.8 Å². The number of morpholine rings is 1. The third kappa shape index (κ3) is 9.85. The Bertz CT molecular complexity index is 3160. The third-order valence-corrected chi connectivity index (χ3v) is 11.5. The Labute approximate surface area is 392 Å². The van der Waals surface area contributed by atoms with Crippen molar-refractivity contribution >= 4 is 74.1 Å². The second-order valence-corrected chi connectivity index (χ2v) is 15.9. The summed E-state index contributed by atoms with van der Waals surface area (Å²) in [5.74, 6) is 0.331. The lowest BCUT2D eigenvalue weighted by molar-refractivity contribution is 0.122. The minimum Gasteiger partial charge on any atom is -0.494 e. The Hall–Kier alpha value is -8.50. The lowest BCUT2D eigenvalue weighted by Crippen LogP contribution is -2.36. The van der Waals surface area contributed by atoms with Crippen LogP contribution in [-0.4, -0.2) is 108 Å². The van der Waals surface area contributed by atoms with E-state index in [4.69, 9.17) is 24.2 Å². The summed E-state index contributed by atoms with van der Waals surface area (Å²) in [7, 11) is 5.86. The Morgan fingerprint density at radius 2 is 1.28 bits per heavy atom. The van der Waals surface area contributed by atoms with E-state index < -0.39 is 12.2 Å². The van der Waals surface area contributed by atoms with Crippen LogP contribution in [0.15, 0.2) is 138 Å². The minimum absolute atomic E-state index is 0.0112. The van der Waals surface area contributed by atoms with Gasteiger partial charge in [-0.05, 0) is 80.1 Å². The zero-order valence-electron chi connectivity index (χ0n) is 38.5. The van der Waals surface area contributed by atoms with Gasteiger partial charge in [0.1, 0.15) is 11.3 Å². The molecule has 16 heteroatoms. The summed E-state index contributed by atoms with van der Waals surface area (Å²) in [5.41, 5.74) is 10.9.